The van der Waals surface area contributed by atoms with Gasteiger partial charge in [0.05, 0.1) is 13.2 Å². The van der Waals surface area contributed by atoms with Crippen LogP contribution in [0.3, 0.4) is 0 Å². The van der Waals surface area contributed by atoms with Crippen molar-refractivity contribution in [1.82, 2.24) is 10.6 Å². The molecule has 0 saturated heterocycles. The average Bonchev–Trinajstić information content (AvgIpc) is 2.50. The van der Waals surface area contributed by atoms with Gasteiger partial charge in [-0.3, -0.25) is 0 Å². The van der Waals surface area contributed by atoms with E-state index < -0.39 is 0 Å². The van der Waals surface area contributed by atoms with Gasteiger partial charge in [-0.25, -0.2) is 4.99 Å². The summed E-state index contributed by atoms with van der Waals surface area (Å²) >= 11 is 0. The van der Waals surface area contributed by atoms with E-state index in [1.807, 2.05) is 31.2 Å². The van der Waals surface area contributed by atoms with Crippen molar-refractivity contribution < 1.29 is 14.6 Å². The SMILES string of the molecule is CCNC(=NCC1COc2ccccc2O1)NCCO.I. The molecule has 3 N–H and O–H groups in total. The minimum atomic E-state index is -0.102. The fourth-order valence-electron chi connectivity index (χ4n) is 1.86. The molecule has 21 heavy (non-hydrogen) atoms. The summed E-state index contributed by atoms with van der Waals surface area (Å²) in [5, 5.41) is 14.9. The molecular weight excluding hydrogens is 385 g/mol. The first-order valence-electron chi connectivity index (χ1n) is 6.85. The van der Waals surface area contributed by atoms with Gasteiger partial charge in [-0.1, -0.05) is 12.1 Å². The first-order valence-corrected chi connectivity index (χ1v) is 6.85. The Morgan fingerprint density at radius 3 is 2.81 bits per heavy atom. The van der Waals surface area contributed by atoms with Crippen molar-refractivity contribution in [2.75, 3.05) is 32.8 Å². The molecule has 7 heteroatoms. The number of ether oxygens (including phenoxy) is 2. The number of hydrogen-bond acceptors (Lipinski definition) is 4. The second kappa shape index (κ2) is 9.67. The topological polar surface area (TPSA) is 75.1 Å². The Bertz CT molecular complexity index is 457. The van der Waals surface area contributed by atoms with Crippen LogP contribution in [0, 0.1) is 0 Å². The van der Waals surface area contributed by atoms with Gasteiger partial charge in [0.25, 0.3) is 0 Å². The summed E-state index contributed by atoms with van der Waals surface area (Å²) in [6.45, 7) is 4.28. The molecule has 0 bridgehead atoms. The van der Waals surface area contributed by atoms with Crippen molar-refractivity contribution >= 4 is 29.9 Å². The van der Waals surface area contributed by atoms with Gasteiger partial charge in [0.15, 0.2) is 23.6 Å². The minimum absolute atomic E-state index is 0. The highest BCUT2D eigenvalue weighted by molar-refractivity contribution is 14.0. The van der Waals surface area contributed by atoms with E-state index in [0.29, 0.717) is 25.7 Å². The number of rotatable bonds is 5. The normalized spacial score (nSPS) is 16.9. The third-order valence-corrected chi connectivity index (χ3v) is 2.77. The lowest BCUT2D eigenvalue weighted by molar-refractivity contribution is 0.0971. The molecule has 118 valence electrons. The molecule has 0 aliphatic carbocycles. The van der Waals surface area contributed by atoms with E-state index in [4.69, 9.17) is 14.6 Å². The molecule has 6 nitrogen and oxygen atoms in total. The van der Waals surface area contributed by atoms with Crippen LogP contribution >= 0.6 is 24.0 Å². The molecule has 1 aliphatic rings. The molecule has 0 spiro atoms. The number of hydrogen-bond donors (Lipinski definition) is 3. The van der Waals surface area contributed by atoms with Crippen LogP contribution in [0.25, 0.3) is 0 Å². The first-order chi connectivity index (χ1) is 9.83. The highest BCUT2D eigenvalue weighted by Crippen LogP contribution is 2.30. The number of fused-ring (bicyclic) bond motifs is 1. The quantitative estimate of drug-likeness (QED) is 0.386. The lowest BCUT2D eigenvalue weighted by Crippen LogP contribution is -2.40. The molecule has 0 amide bonds. The lowest BCUT2D eigenvalue weighted by atomic mass is 10.2. The maximum atomic E-state index is 8.82. The van der Waals surface area contributed by atoms with Crippen molar-refractivity contribution in [3.8, 4) is 11.5 Å². The van der Waals surface area contributed by atoms with Crippen LogP contribution < -0.4 is 20.1 Å². The summed E-state index contributed by atoms with van der Waals surface area (Å²) < 4.78 is 11.5. The molecule has 1 aliphatic heterocycles. The van der Waals surface area contributed by atoms with Gasteiger partial charge in [0, 0.05) is 13.1 Å². The summed E-state index contributed by atoms with van der Waals surface area (Å²) in [5.74, 6) is 2.20. The number of para-hydroxylation sites is 2. The lowest BCUT2D eigenvalue weighted by Gasteiger charge is -2.25. The summed E-state index contributed by atoms with van der Waals surface area (Å²) in [7, 11) is 0. The van der Waals surface area contributed by atoms with Gasteiger partial charge >= 0.3 is 0 Å². The number of aliphatic hydroxyl groups excluding tert-OH is 1. The van der Waals surface area contributed by atoms with Gasteiger partial charge in [-0.15, -0.1) is 24.0 Å². The van der Waals surface area contributed by atoms with Gasteiger partial charge in [0.2, 0.25) is 0 Å². The fraction of sp³-hybridized carbons (Fsp3) is 0.500. The molecule has 0 fully saturated rings. The van der Waals surface area contributed by atoms with E-state index in [2.05, 4.69) is 15.6 Å². The molecule has 1 aromatic rings. The minimum Gasteiger partial charge on any atom is -0.486 e. The van der Waals surface area contributed by atoms with Crippen molar-refractivity contribution in [2.45, 2.75) is 13.0 Å². The summed E-state index contributed by atoms with van der Waals surface area (Å²) in [5.41, 5.74) is 0. The van der Waals surface area contributed by atoms with Crippen molar-refractivity contribution in [3.63, 3.8) is 0 Å². The monoisotopic (exact) mass is 407 g/mol. The van der Waals surface area contributed by atoms with Crippen LogP contribution in [0.5, 0.6) is 11.5 Å². The number of halogens is 1. The summed E-state index contributed by atoms with van der Waals surface area (Å²) in [6.07, 6.45) is -0.102. The first kappa shape index (κ1) is 17.8. The van der Waals surface area contributed by atoms with E-state index in [9.17, 15) is 0 Å². The Morgan fingerprint density at radius 1 is 1.33 bits per heavy atom. The molecule has 1 unspecified atom stereocenters. The number of aliphatic imine (C=N–C) groups is 1. The van der Waals surface area contributed by atoms with Crippen molar-refractivity contribution in [1.29, 1.82) is 0 Å². The number of guanidine groups is 1. The molecule has 0 saturated carbocycles. The summed E-state index contributed by atoms with van der Waals surface area (Å²) in [6, 6.07) is 7.62. The Kier molecular flexibility index (Phi) is 8.21. The van der Waals surface area contributed by atoms with E-state index >= 15 is 0 Å². The molecular formula is C14H22IN3O3. The standard InChI is InChI=1S/C14H21N3O3.HI/c1-2-15-14(16-7-8-18)17-9-11-10-19-12-5-3-4-6-13(12)20-11;/h3-6,11,18H,2,7-10H2,1H3,(H2,15,16,17);1H. The zero-order chi connectivity index (χ0) is 14.2. The van der Waals surface area contributed by atoms with Crippen LogP contribution in [-0.2, 0) is 0 Å². The number of benzene rings is 1. The van der Waals surface area contributed by atoms with Crippen LogP contribution in [0.1, 0.15) is 6.92 Å². The van der Waals surface area contributed by atoms with Crippen LogP contribution in [0.2, 0.25) is 0 Å². The second-order valence-corrected chi connectivity index (χ2v) is 4.37. The maximum absolute atomic E-state index is 8.82. The number of nitrogens with zero attached hydrogens (tertiary/aromatic N) is 1. The van der Waals surface area contributed by atoms with Crippen LogP contribution in [0.4, 0.5) is 0 Å². The third-order valence-electron chi connectivity index (χ3n) is 2.77. The van der Waals surface area contributed by atoms with Gasteiger partial charge in [0.1, 0.15) is 6.61 Å². The molecule has 1 heterocycles. The molecule has 1 atom stereocenters. The van der Waals surface area contributed by atoms with E-state index in [0.717, 1.165) is 18.0 Å². The van der Waals surface area contributed by atoms with Crippen molar-refractivity contribution in [3.05, 3.63) is 24.3 Å². The predicted octanol–water partition coefficient (Wildman–Crippen LogP) is 0.992. The van der Waals surface area contributed by atoms with Gasteiger partial charge in [-0.2, -0.15) is 0 Å². The smallest absolute Gasteiger partial charge is 0.191 e. The maximum Gasteiger partial charge on any atom is 0.191 e. The Balaban J connectivity index is 0.00000220. The van der Waals surface area contributed by atoms with Gasteiger partial charge < -0.3 is 25.2 Å². The summed E-state index contributed by atoms with van der Waals surface area (Å²) in [4.78, 5) is 4.43. The Labute approximate surface area is 142 Å². The molecule has 0 radical (unpaired) electrons. The highest BCUT2D eigenvalue weighted by Gasteiger charge is 2.20. The van der Waals surface area contributed by atoms with E-state index in [-0.39, 0.29) is 36.7 Å². The van der Waals surface area contributed by atoms with Crippen LogP contribution in [0.15, 0.2) is 29.3 Å². The number of aliphatic hydroxyl groups is 1. The van der Waals surface area contributed by atoms with Crippen LogP contribution in [-0.4, -0.2) is 50.0 Å². The second-order valence-electron chi connectivity index (χ2n) is 4.37. The van der Waals surface area contributed by atoms with E-state index in [1.54, 1.807) is 0 Å². The highest BCUT2D eigenvalue weighted by atomic mass is 127. The molecule has 2 rings (SSSR count). The molecule has 1 aromatic carbocycles. The van der Waals surface area contributed by atoms with Gasteiger partial charge in [-0.05, 0) is 19.1 Å². The van der Waals surface area contributed by atoms with Crippen molar-refractivity contribution in [2.24, 2.45) is 4.99 Å². The zero-order valence-corrected chi connectivity index (χ0v) is 14.4. The third kappa shape index (κ3) is 5.58. The zero-order valence-electron chi connectivity index (χ0n) is 12.0. The molecule has 0 aromatic heterocycles. The Morgan fingerprint density at radius 2 is 2.10 bits per heavy atom. The Hall–Kier alpha value is -1.22. The largest absolute Gasteiger partial charge is 0.486 e. The van der Waals surface area contributed by atoms with E-state index in [1.165, 1.54) is 0 Å². The predicted molar refractivity (Wildman–Crippen MR) is 92.8 cm³/mol. The fourth-order valence-corrected chi connectivity index (χ4v) is 1.86. The number of nitrogens with one attached hydrogen (secondary N) is 2. The average molecular weight is 407 g/mol.